The molecule has 1 unspecified atom stereocenters. The summed E-state index contributed by atoms with van der Waals surface area (Å²) in [5.41, 5.74) is 1.85. The zero-order chi connectivity index (χ0) is 15.7. The molecule has 0 spiro atoms. The van der Waals surface area contributed by atoms with Crippen molar-refractivity contribution in [2.45, 2.75) is 25.3 Å². The first-order chi connectivity index (χ1) is 9.77. The molecule has 0 aromatic heterocycles. The van der Waals surface area contributed by atoms with Crippen LogP contribution in [0.4, 0.5) is 13.2 Å². The van der Waals surface area contributed by atoms with Crippen LogP contribution in [0.15, 0.2) is 34.6 Å². The van der Waals surface area contributed by atoms with Crippen molar-refractivity contribution in [1.82, 2.24) is 0 Å². The van der Waals surface area contributed by atoms with Crippen molar-refractivity contribution in [1.29, 1.82) is 0 Å². The summed E-state index contributed by atoms with van der Waals surface area (Å²) < 4.78 is 37.8. The summed E-state index contributed by atoms with van der Waals surface area (Å²) in [5, 5.41) is 16.5. The van der Waals surface area contributed by atoms with E-state index in [-0.39, 0.29) is 5.71 Å². The zero-order valence-electron chi connectivity index (χ0n) is 11.3. The Hall–Kier alpha value is -2.09. The number of benzene rings is 1. The van der Waals surface area contributed by atoms with Gasteiger partial charge in [0.15, 0.2) is 0 Å². The highest BCUT2D eigenvalue weighted by Gasteiger charge is 2.60. The summed E-state index contributed by atoms with van der Waals surface area (Å²) in [6, 6.07) is 6.49. The molecule has 1 aromatic carbocycles. The number of aliphatic hydroxyl groups is 1. The molecule has 1 aliphatic rings. The second-order valence-electron chi connectivity index (χ2n) is 4.52. The molecule has 8 heteroatoms. The van der Waals surface area contributed by atoms with Crippen molar-refractivity contribution >= 4 is 11.4 Å². The number of alkyl halides is 3. The monoisotopic (exact) mass is 302 g/mol. The number of hydrogen-bond donors (Lipinski definition) is 1. The van der Waals surface area contributed by atoms with Crippen molar-refractivity contribution in [3.05, 3.63) is 35.4 Å². The van der Waals surface area contributed by atoms with Gasteiger partial charge in [0.25, 0.3) is 0 Å². The third kappa shape index (κ3) is 2.99. The second kappa shape index (κ2) is 5.36. The Kier molecular flexibility index (Phi) is 3.91. The maximum absolute atomic E-state index is 12.6. The lowest BCUT2D eigenvalue weighted by molar-refractivity contribution is -0.355. The van der Waals surface area contributed by atoms with Crippen molar-refractivity contribution in [2.24, 2.45) is 10.3 Å². The quantitative estimate of drug-likeness (QED) is 0.689. The van der Waals surface area contributed by atoms with Gasteiger partial charge < -0.3 is 14.8 Å². The fourth-order valence-corrected chi connectivity index (χ4v) is 1.82. The van der Waals surface area contributed by atoms with E-state index in [0.717, 1.165) is 5.56 Å². The van der Waals surface area contributed by atoms with E-state index in [1.54, 1.807) is 31.2 Å². The Morgan fingerprint density at radius 1 is 1.38 bits per heavy atom. The first kappa shape index (κ1) is 15.3. The average molecular weight is 302 g/mol. The van der Waals surface area contributed by atoms with Crippen LogP contribution in [0.25, 0.3) is 0 Å². The molecule has 0 fully saturated rings. The molecule has 0 amide bonds. The SMILES string of the molecule is CON=C(C)c1ccc(C2=NOC(O)(C(F)(F)F)C2)cc1. The van der Waals surface area contributed by atoms with E-state index in [1.165, 1.54) is 7.11 Å². The molecule has 1 aromatic rings. The Balaban J connectivity index is 2.17. The minimum atomic E-state index is -4.90. The van der Waals surface area contributed by atoms with E-state index in [9.17, 15) is 18.3 Å². The Bertz CT molecular complexity index is 581. The van der Waals surface area contributed by atoms with Crippen LogP contribution >= 0.6 is 0 Å². The van der Waals surface area contributed by atoms with Gasteiger partial charge in [0.05, 0.1) is 17.8 Å². The number of nitrogens with zero attached hydrogens (tertiary/aromatic N) is 2. The highest BCUT2D eigenvalue weighted by atomic mass is 19.4. The van der Waals surface area contributed by atoms with Gasteiger partial charge in [-0.2, -0.15) is 13.2 Å². The maximum atomic E-state index is 12.6. The van der Waals surface area contributed by atoms with Crippen molar-refractivity contribution in [3.63, 3.8) is 0 Å². The molecule has 0 aliphatic carbocycles. The van der Waals surface area contributed by atoms with Crippen LogP contribution in [0.2, 0.25) is 0 Å². The molecule has 114 valence electrons. The van der Waals surface area contributed by atoms with Crippen LogP contribution in [-0.4, -0.2) is 35.6 Å². The van der Waals surface area contributed by atoms with Crippen LogP contribution < -0.4 is 0 Å². The van der Waals surface area contributed by atoms with Gasteiger partial charge in [-0.3, -0.25) is 0 Å². The molecule has 1 atom stereocenters. The lowest BCUT2D eigenvalue weighted by Gasteiger charge is -2.22. The minimum Gasteiger partial charge on any atom is -0.399 e. The fraction of sp³-hybridized carbons (Fsp3) is 0.385. The number of halogens is 3. The van der Waals surface area contributed by atoms with Gasteiger partial charge in [-0.25, -0.2) is 0 Å². The second-order valence-corrected chi connectivity index (χ2v) is 4.52. The molecular weight excluding hydrogens is 289 g/mol. The smallest absolute Gasteiger partial charge is 0.399 e. The molecule has 5 nitrogen and oxygen atoms in total. The van der Waals surface area contributed by atoms with Gasteiger partial charge in [0.2, 0.25) is 0 Å². The maximum Gasteiger partial charge on any atom is 0.458 e. The molecular formula is C13H13F3N2O3. The summed E-state index contributed by atoms with van der Waals surface area (Å²) in [6.07, 6.45) is -5.65. The van der Waals surface area contributed by atoms with E-state index >= 15 is 0 Å². The van der Waals surface area contributed by atoms with Crippen molar-refractivity contribution in [2.75, 3.05) is 7.11 Å². The predicted octanol–water partition coefficient (Wildman–Crippen LogP) is 2.43. The van der Waals surface area contributed by atoms with Crippen molar-refractivity contribution < 1.29 is 28.0 Å². The highest BCUT2D eigenvalue weighted by molar-refractivity contribution is 6.03. The van der Waals surface area contributed by atoms with Gasteiger partial charge in [-0.1, -0.05) is 34.6 Å². The molecule has 1 heterocycles. The topological polar surface area (TPSA) is 63.4 Å². The van der Waals surface area contributed by atoms with Crippen LogP contribution in [0.5, 0.6) is 0 Å². The molecule has 0 saturated heterocycles. The molecule has 1 aliphatic heterocycles. The Labute approximate surface area is 118 Å². The minimum absolute atomic E-state index is 0.0303. The van der Waals surface area contributed by atoms with Crippen molar-refractivity contribution in [3.8, 4) is 0 Å². The van der Waals surface area contributed by atoms with E-state index in [2.05, 4.69) is 20.0 Å². The van der Waals surface area contributed by atoms with Gasteiger partial charge in [-0.15, -0.1) is 0 Å². The lowest BCUT2D eigenvalue weighted by atomic mass is 10.0. The first-order valence-corrected chi connectivity index (χ1v) is 5.99. The zero-order valence-corrected chi connectivity index (χ0v) is 11.3. The molecule has 0 saturated carbocycles. The predicted molar refractivity (Wildman–Crippen MR) is 68.9 cm³/mol. The van der Waals surface area contributed by atoms with Gasteiger partial charge in [0.1, 0.15) is 7.11 Å². The summed E-state index contributed by atoms with van der Waals surface area (Å²) in [5.74, 6) is -3.26. The standard InChI is InChI=1S/C13H13F3N2O3/c1-8(17-20-2)9-3-5-10(6-4-9)11-7-12(19,21-18-11)13(14,15)16/h3-6,19H,7H2,1-2H3. The third-order valence-corrected chi connectivity index (χ3v) is 3.02. The average Bonchev–Trinajstić information content (AvgIpc) is 2.83. The molecule has 0 bridgehead atoms. The van der Waals surface area contributed by atoms with E-state index in [0.29, 0.717) is 11.3 Å². The molecule has 1 N–H and O–H groups in total. The molecule has 2 rings (SSSR count). The van der Waals surface area contributed by atoms with Crippen LogP contribution in [0.1, 0.15) is 24.5 Å². The normalized spacial score (nSPS) is 22.8. The van der Waals surface area contributed by atoms with Gasteiger partial charge in [-0.05, 0) is 18.1 Å². The van der Waals surface area contributed by atoms with E-state index < -0.39 is 18.4 Å². The van der Waals surface area contributed by atoms with Crippen LogP contribution in [-0.2, 0) is 9.68 Å². The largest absolute Gasteiger partial charge is 0.458 e. The summed E-state index contributed by atoms with van der Waals surface area (Å²) in [6.45, 7) is 1.73. The van der Waals surface area contributed by atoms with E-state index in [1.807, 2.05) is 0 Å². The third-order valence-electron chi connectivity index (χ3n) is 3.02. The first-order valence-electron chi connectivity index (χ1n) is 5.99. The summed E-state index contributed by atoms with van der Waals surface area (Å²) in [4.78, 5) is 8.80. The van der Waals surface area contributed by atoms with Crippen LogP contribution in [0, 0.1) is 0 Å². The molecule has 21 heavy (non-hydrogen) atoms. The number of oxime groups is 2. The highest BCUT2D eigenvalue weighted by Crippen LogP contribution is 2.38. The fourth-order valence-electron chi connectivity index (χ4n) is 1.82. The van der Waals surface area contributed by atoms with Crippen LogP contribution in [0.3, 0.4) is 0 Å². The Morgan fingerprint density at radius 3 is 2.48 bits per heavy atom. The van der Waals surface area contributed by atoms with Gasteiger partial charge in [0, 0.05) is 0 Å². The summed E-state index contributed by atoms with van der Waals surface area (Å²) in [7, 11) is 1.42. The number of hydrogen-bond acceptors (Lipinski definition) is 5. The van der Waals surface area contributed by atoms with E-state index in [4.69, 9.17) is 0 Å². The number of rotatable bonds is 3. The lowest BCUT2D eigenvalue weighted by Crippen LogP contribution is -2.45. The summed E-state index contributed by atoms with van der Waals surface area (Å²) >= 11 is 0. The molecule has 0 radical (unpaired) electrons. The van der Waals surface area contributed by atoms with Gasteiger partial charge >= 0.3 is 12.0 Å². The Morgan fingerprint density at radius 2 is 2.00 bits per heavy atom.